The zero-order chi connectivity index (χ0) is 30.8. The summed E-state index contributed by atoms with van der Waals surface area (Å²) in [5.41, 5.74) is 15.7. The average molecular weight is 589 g/mol. The van der Waals surface area contributed by atoms with Crippen LogP contribution in [0.4, 0.5) is 0 Å². The molecule has 0 spiro atoms. The van der Waals surface area contributed by atoms with Gasteiger partial charge in [0.2, 0.25) is 0 Å². The number of benzene rings is 6. The molecule has 6 aromatic carbocycles. The number of hydrogen-bond donors (Lipinski definition) is 0. The summed E-state index contributed by atoms with van der Waals surface area (Å²) >= 11 is 0. The molecule has 2 aromatic heterocycles. The second-order valence-corrected chi connectivity index (χ2v) is 12.9. The van der Waals surface area contributed by atoms with E-state index in [9.17, 15) is 0 Å². The van der Waals surface area contributed by atoms with Crippen LogP contribution >= 0.6 is 0 Å². The number of para-hydroxylation sites is 1. The third-order valence-electron chi connectivity index (χ3n) is 9.82. The van der Waals surface area contributed by atoms with Crippen LogP contribution in [0, 0.1) is 0 Å². The van der Waals surface area contributed by atoms with E-state index in [4.69, 9.17) is 4.98 Å². The minimum atomic E-state index is -0.0694. The molecule has 0 radical (unpaired) electrons. The molecule has 0 amide bonds. The Morgan fingerprint density at radius 1 is 0.457 bits per heavy atom. The summed E-state index contributed by atoms with van der Waals surface area (Å²) < 4.78 is 2.42. The second kappa shape index (κ2) is 10.2. The molecule has 0 bridgehead atoms. The van der Waals surface area contributed by atoms with E-state index >= 15 is 0 Å². The predicted octanol–water partition coefficient (Wildman–Crippen LogP) is 11.5. The lowest BCUT2D eigenvalue weighted by Gasteiger charge is -2.21. The first-order valence-electron chi connectivity index (χ1n) is 16.0. The van der Waals surface area contributed by atoms with Gasteiger partial charge in [-0.25, -0.2) is 0 Å². The molecule has 9 rings (SSSR count). The Morgan fingerprint density at radius 3 is 1.80 bits per heavy atom. The Kier molecular flexibility index (Phi) is 5.88. The van der Waals surface area contributed by atoms with Gasteiger partial charge in [0, 0.05) is 33.6 Å². The molecule has 0 fully saturated rings. The molecule has 0 atom stereocenters. The summed E-state index contributed by atoms with van der Waals surface area (Å²) in [7, 11) is 0. The van der Waals surface area contributed by atoms with Crippen molar-refractivity contribution in [1.82, 2.24) is 9.55 Å². The van der Waals surface area contributed by atoms with E-state index in [-0.39, 0.29) is 5.41 Å². The van der Waals surface area contributed by atoms with Crippen molar-refractivity contribution in [2.45, 2.75) is 19.3 Å². The maximum absolute atomic E-state index is 4.84. The van der Waals surface area contributed by atoms with Gasteiger partial charge in [-0.2, -0.15) is 0 Å². The van der Waals surface area contributed by atoms with Gasteiger partial charge in [-0.15, -0.1) is 0 Å². The number of nitrogens with zero attached hydrogens (tertiary/aromatic N) is 2. The monoisotopic (exact) mass is 588 g/mol. The van der Waals surface area contributed by atoms with Crippen LogP contribution in [0.5, 0.6) is 0 Å². The minimum Gasteiger partial charge on any atom is -0.309 e. The number of aromatic nitrogens is 2. The van der Waals surface area contributed by atoms with Crippen molar-refractivity contribution < 1.29 is 0 Å². The molecule has 0 aliphatic heterocycles. The number of hydrogen-bond acceptors (Lipinski definition) is 1. The summed E-state index contributed by atoms with van der Waals surface area (Å²) in [6.07, 6.45) is 1.91. The fraction of sp³-hybridized carbons (Fsp3) is 0.0682. The van der Waals surface area contributed by atoms with E-state index in [0.717, 1.165) is 11.4 Å². The molecule has 8 aromatic rings. The predicted molar refractivity (Wildman–Crippen MR) is 192 cm³/mol. The molecular weight excluding hydrogens is 556 g/mol. The molecule has 0 saturated heterocycles. The van der Waals surface area contributed by atoms with Crippen LogP contribution in [-0.4, -0.2) is 9.55 Å². The Morgan fingerprint density at radius 2 is 1.09 bits per heavy atom. The third-order valence-corrected chi connectivity index (χ3v) is 9.82. The Balaban J connectivity index is 1.24. The Labute approximate surface area is 269 Å². The Hall–Kier alpha value is -5.73. The van der Waals surface area contributed by atoms with Crippen LogP contribution in [0.1, 0.15) is 25.0 Å². The van der Waals surface area contributed by atoms with Gasteiger partial charge in [0.25, 0.3) is 0 Å². The quantitative estimate of drug-likeness (QED) is 0.200. The normalized spacial score (nSPS) is 13.2. The molecule has 2 nitrogen and oxygen atoms in total. The molecule has 218 valence electrons. The van der Waals surface area contributed by atoms with E-state index in [2.05, 4.69) is 170 Å². The maximum atomic E-state index is 4.84. The average Bonchev–Trinajstić information content (AvgIpc) is 3.57. The summed E-state index contributed by atoms with van der Waals surface area (Å²) in [5.74, 6) is 0. The van der Waals surface area contributed by atoms with Crippen LogP contribution < -0.4 is 0 Å². The molecule has 2 heteroatoms. The molecule has 1 aliphatic rings. The number of pyridine rings is 1. The maximum Gasteiger partial charge on any atom is 0.0746 e. The van der Waals surface area contributed by atoms with Crippen LogP contribution in [0.25, 0.3) is 72.1 Å². The third kappa shape index (κ3) is 4.07. The highest BCUT2D eigenvalue weighted by Gasteiger charge is 2.36. The number of fused-ring (bicyclic) bond motifs is 6. The van der Waals surface area contributed by atoms with Crippen molar-refractivity contribution in [2.24, 2.45) is 0 Å². The lowest BCUT2D eigenvalue weighted by atomic mass is 9.83. The first-order valence-corrected chi connectivity index (χ1v) is 16.0. The topological polar surface area (TPSA) is 17.8 Å². The van der Waals surface area contributed by atoms with Gasteiger partial charge in [0.15, 0.2) is 0 Å². The lowest BCUT2D eigenvalue weighted by molar-refractivity contribution is 0.659. The first kappa shape index (κ1) is 26.7. The highest BCUT2D eigenvalue weighted by Crippen LogP contribution is 2.48. The van der Waals surface area contributed by atoms with Crippen molar-refractivity contribution in [3.8, 4) is 50.3 Å². The molecule has 46 heavy (non-hydrogen) atoms. The van der Waals surface area contributed by atoms with Crippen molar-refractivity contribution in [2.75, 3.05) is 0 Å². The highest BCUT2D eigenvalue weighted by molar-refractivity contribution is 6.10. The van der Waals surface area contributed by atoms with Gasteiger partial charge >= 0.3 is 0 Å². The molecule has 1 aliphatic carbocycles. The summed E-state index contributed by atoms with van der Waals surface area (Å²) in [6, 6.07) is 55.2. The van der Waals surface area contributed by atoms with Crippen LogP contribution in [0.2, 0.25) is 0 Å². The van der Waals surface area contributed by atoms with E-state index in [1.165, 1.54) is 71.9 Å². The van der Waals surface area contributed by atoms with Gasteiger partial charge < -0.3 is 4.57 Å². The van der Waals surface area contributed by atoms with Crippen molar-refractivity contribution in [3.05, 3.63) is 169 Å². The second-order valence-electron chi connectivity index (χ2n) is 12.9. The van der Waals surface area contributed by atoms with Gasteiger partial charge in [0.1, 0.15) is 0 Å². The fourth-order valence-corrected chi connectivity index (χ4v) is 7.50. The number of rotatable bonds is 4. The van der Waals surface area contributed by atoms with Crippen LogP contribution in [0.3, 0.4) is 0 Å². The first-order chi connectivity index (χ1) is 22.6. The van der Waals surface area contributed by atoms with Crippen molar-refractivity contribution in [3.63, 3.8) is 0 Å². The standard InChI is InChI=1S/C44H32N2/c1-44(2)39-21-20-35(28-38(39)43-40(44)17-11-23-45-43)46-41-18-10-9-16-36(41)37-27-31(19-22-42(37)46)34-25-32(29-12-5-3-6-13-29)24-33(26-34)30-14-7-4-8-15-30/h3-28H,1-2H3. The van der Waals surface area contributed by atoms with E-state index in [1.54, 1.807) is 0 Å². The summed E-state index contributed by atoms with van der Waals surface area (Å²) in [6.45, 7) is 4.61. The largest absolute Gasteiger partial charge is 0.309 e. The van der Waals surface area contributed by atoms with Gasteiger partial charge in [-0.3, -0.25) is 4.98 Å². The van der Waals surface area contributed by atoms with E-state index in [0.29, 0.717) is 0 Å². The molecule has 0 saturated carbocycles. The summed E-state index contributed by atoms with van der Waals surface area (Å²) in [5, 5.41) is 2.50. The zero-order valence-corrected chi connectivity index (χ0v) is 25.9. The smallest absolute Gasteiger partial charge is 0.0746 e. The van der Waals surface area contributed by atoms with E-state index in [1.807, 2.05) is 6.20 Å². The highest BCUT2D eigenvalue weighted by atomic mass is 15.0. The molecule has 0 unspecified atom stereocenters. The van der Waals surface area contributed by atoms with Crippen molar-refractivity contribution in [1.29, 1.82) is 0 Å². The fourth-order valence-electron chi connectivity index (χ4n) is 7.50. The minimum absolute atomic E-state index is 0.0694. The SMILES string of the molecule is CC1(C)c2ccc(-n3c4ccccc4c4cc(-c5cc(-c6ccccc6)cc(-c6ccccc6)c5)ccc43)cc2-c2ncccc21. The van der Waals surface area contributed by atoms with Crippen LogP contribution in [-0.2, 0) is 5.41 Å². The Bertz CT molecular complexity index is 2370. The zero-order valence-electron chi connectivity index (χ0n) is 25.9. The summed E-state index contributed by atoms with van der Waals surface area (Å²) in [4.78, 5) is 4.84. The van der Waals surface area contributed by atoms with Gasteiger partial charge in [-0.1, -0.05) is 111 Å². The molecule has 2 heterocycles. The lowest BCUT2D eigenvalue weighted by Crippen LogP contribution is -2.15. The van der Waals surface area contributed by atoms with Crippen molar-refractivity contribution >= 4 is 21.8 Å². The van der Waals surface area contributed by atoms with Gasteiger partial charge in [-0.05, 0) is 99.1 Å². The van der Waals surface area contributed by atoms with E-state index < -0.39 is 0 Å². The molecule has 0 N–H and O–H groups in total. The molecular formula is C44H32N2. The van der Waals surface area contributed by atoms with Crippen LogP contribution in [0.15, 0.2) is 158 Å². The van der Waals surface area contributed by atoms with Gasteiger partial charge in [0.05, 0.1) is 16.7 Å².